The second kappa shape index (κ2) is 13.6. The molecule has 1 atom stereocenters. The van der Waals surface area contributed by atoms with E-state index in [1.165, 1.54) is 23.5 Å². The smallest absolute Gasteiger partial charge is 0.338 e. The second-order valence-electron chi connectivity index (χ2n) is 10.2. The molecule has 0 aliphatic carbocycles. The van der Waals surface area contributed by atoms with Crippen LogP contribution in [-0.4, -0.2) is 28.7 Å². The van der Waals surface area contributed by atoms with Crippen LogP contribution in [0.2, 0.25) is 0 Å². The minimum absolute atomic E-state index is 0.00188. The lowest BCUT2D eigenvalue weighted by atomic mass is 9.95. The molecule has 5 rings (SSSR count). The predicted octanol–water partition coefficient (Wildman–Crippen LogP) is 5.76. The molecule has 0 radical (unpaired) electrons. The number of aryl methyl sites for hydroxylation is 1. The number of fused-ring (bicyclic) bond motifs is 1. The third-order valence-corrected chi connectivity index (χ3v) is 8.64. The zero-order valence-electron chi connectivity index (χ0n) is 25.0. The maximum absolute atomic E-state index is 14.0. The Kier molecular flexibility index (Phi) is 9.64. The van der Waals surface area contributed by atoms with Crippen molar-refractivity contribution in [3.8, 4) is 11.5 Å². The molecule has 0 N–H and O–H groups in total. The SMILES string of the molecule is CCOC(=O)C1=C(C)N=c2s/c(=C/c3cc(Br)c(OCc4ccc([N+](=O)[O-])cc4)c(OCC)c3)c(=O)n2[C@@H]1c1ccc(C)cc1. The van der Waals surface area contributed by atoms with Gasteiger partial charge in [-0.1, -0.05) is 41.2 Å². The zero-order chi connectivity index (χ0) is 32.2. The second-order valence-corrected chi connectivity index (χ2v) is 12.1. The Morgan fingerprint density at radius 2 is 1.78 bits per heavy atom. The maximum atomic E-state index is 14.0. The number of nitro groups is 1. The summed E-state index contributed by atoms with van der Waals surface area (Å²) in [5.74, 6) is 0.418. The number of benzene rings is 3. The highest BCUT2D eigenvalue weighted by Crippen LogP contribution is 2.38. The van der Waals surface area contributed by atoms with E-state index in [0.29, 0.717) is 48.7 Å². The van der Waals surface area contributed by atoms with Gasteiger partial charge in [-0.15, -0.1) is 0 Å². The number of ether oxygens (including phenoxy) is 3. The number of nitro benzene ring substituents is 1. The molecule has 0 amide bonds. The summed E-state index contributed by atoms with van der Waals surface area (Å²) in [6, 6.07) is 16.8. The van der Waals surface area contributed by atoms with Crippen LogP contribution >= 0.6 is 27.3 Å². The van der Waals surface area contributed by atoms with Gasteiger partial charge in [0, 0.05) is 12.1 Å². The molecule has 1 aliphatic heterocycles. The van der Waals surface area contributed by atoms with Gasteiger partial charge < -0.3 is 14.2 Å². The van der Waals surface area contributed by atoms with Gasteiger partial charge >= 0.3 is 5.97 Å². The summed E-state index contributed by atoms with van der Waals surface area (Å²) in [7, 11) is 0. The molecule has 12 heteroatoms. The van der Waals surface area contributed by atoms with Crippen molar-refractivity contribution in [1.29, 1.82) is 0 Å². The molecule has 0 saturated carbocycles. The minimum atomic E-state index is -0.691. The highest BCUT2D eigenvalue weighted by molar-refractivity contribution is 9.10. The zero-order valence-corrected chi connectivity index (χ0v) is 27.4. The number of hydrogen-bond acceptors (Lipinski definition) is 9. The first-order valence-electron chi connectivity index (χ1n) is 14.2. The van der Waals surface area contributed by atoms with Crippen LogP contribution in [0.4, 0.5) is 5.69 Å². The van der Waals surface area contributed by atoms with Gasteiger partial charge in [0.2, 0.25) is 0 Å². The van der Waals surface area contributed by atoms with Crippen molar-refractivity contribution >= 4 is 45.0 Å². The number of halogens is 1. The van der Waals surface area contributed by atoms with Gasteiger partial charge in [0.05, 0.1) is 44.5 Å². The van der Waals surface area contributed by atoms with Crippen molar-refractivity contribution in [3.63, 3.8) is 0 Å². The summed E-state index contributed by atoms with van der Waals surface area (Å²) in [6.07, 6.45) is 1.76. The average Bonchev–Trinajstić information content (AvgIpc) is 3.30. The lowest BCUT2D eigenvalue weighted by molar-refractivity contribution is -0.384. The Balaban J connectivity index is 1.54. The molecular formula is C33H30BrN3O7S. The van der Waals surface area contributed by atoms with E-state index < -0.39 is 16.9 Å². The molecule has 0 saturated heterocycles. The van der Waals surface area contributed by atoms with E-state index in [2.05, 4.69) is 20.9 Å². The molecule has 2 heterocycles. The third kappa shape index (κ3) is 6.76. The molecule has 10 nitrogen and oxygen atoms in total. The van der Waals surface area contributed by atoms with Crippen LogP contribution in [0.15, 0.2) is 86.2 Å². The molecule has 0 unspecified atom stereocenters. The summed E-state index contributed by atoms with van der Waals surface area (Å²) in [5, 5.41) is 11.0. The average molecular weight is 693 g/mol. The van der Waals surface area contributed by atoms with Gasteiger partial charge in [-0.3, -0.25) is 19.5 Å². The van der Waals surface area contributed by atoms with Crippen LogP contribution in [0.25, 0.3) is 6.08 Å². The molecular weight excluding hydrogens is 662 g/mol. The molecule has 1 aliphatic rings. The number of carbonyl (C=O) groups is 1. The van der Waals surface area contributed by atoms with E-state index >= 15 is 0 Å². The van der Waals surface area contributed by atoms with Gasteiger partial charge in [0.25, 0.3) is 11.2 Å². The highest BCUT2D eigenvalue weighted by atomic mass is 79.9. The van der Waals surface area contributed by atoms with Crippen LogP contribution in [0.1, 0.15) is 49.1 Å². The van der Waals surface area contributed by atoms with Crippen LogP contribution in [0.3, 0.4) is 0 Å². The van der Waals surface area contributed by atoms with Crippen molar-refractivity contribution in [2.75, 3.05) is 13.2 Å². The summed E-state index contributed by atoms with van der Waals surface area (Å²) < 4.78 is 19.9. The maximum Gasteiger partial charge on any atom is 0.338 e. The quantitative estimate of drug-likeness (QED) is 0.118. The number of carbonyl (C=O) groups excluding carboxylic acids is 1. The predicted molar refractivity (Wildman–Crippen MR) is 174 cm³/mol. The fourth-order valence-corrected chi connectivity index (χ4v) is 6.57. The van der Waals surface area contributed by atoms with Gasteiger partial charge in [-0.2, -0.15) is 0 Å². The Morgan fingerprint density at radius 3 is 2.42 bits per heavy atom. The largest absolute Gasteiger partial charge is 0.490 e. The summed E-state index contributed by atoms with van der Waals surface area (Å²) in [4.78, 5) is 42.7. The molecule has 232 valence electrons. The van der Waals surface area contributed by atoms with Crippen LogP contribution in [0, 0.1) is 17.0 Å². The van der Waals surface area contributed by atoms with E-state index in [-0.39, 0.29) is 24.5 Å². The lowest BCUT2D eigenvalue weighted by Crippen LogP contribution is -2.39. The number of rotatable bonds is 10. The summed E-state index contributed by atoms with van der Waals surface area (Å²) in [5.41, 5.74) is 3.82. The Labute approximate surface area is 271 Å². The minimum Gasteiger partial charge on any atom is -0.490 e. The number of thiazole rings is 1. The lowest BCUT2D eigenvalue weighted by Gasteiger charge is -2.24. The fraction of sp³-hybridized carbons (Fsp3) is 0.242. The number of allylic oxidation sites excluding steroid dienone is 1. The third-order valence-electron chi connectivity index (χ3n) is 7.07. The van der Waals surface area contributed by atoms with Gasteiger partial charge in [-0.25, -0.2) is 9.79 Å². The standard InChI is InChI=1S/C33H30BrN3O7S/c1-5-42-26-16-22(15-25(34)30(26)44-18-21-9-13-24(14-10-21)37(40)41)17-27-31(38)36-29(23-11-7-19(3)8-12-23)28(32(39)43-6-2)20(4)35-33(36)45-27/h7-17,29H,5-6,18H2,1-4H3/b27-17+/t29-/m1/s1. The Morgan fingerprint density at radius 1 is 1.07 bits per heavy atom. The van der Waals surface area contributed by atoms with Crippen molar-refractivity contribution in [2.45, 2.75) is 40.3 Å². The van der Waals surface area contributed by atoms with Crippen molar-refractivity contribution < 1.29 is 23.9 Å². The summed E-state index contributed by atoms with van der Waals surface area (Å²) >= 11 is 4.82. The van der Waals surface area contributed by atoms with Crippen molar-refractivity contribution in [1.82, 2.24) is 4.57 Å². The molecule has 0 fully saturated rings. The molecule has 0 spiro atoms. The van der Waals surface area contributed by atoms with Crippen LogP contribution in [0.5, 0.6) is 11.5 Å². The molecule has 4 aromatic rings. The fourth-order valence-electron chi connectivity index (χ4n) is 4.95. The van der Waals surface area contributed by atoms with E-state index in [1.807, 2.05) is 44.2 Å². The number of hydrogen-bond donors (Lipinski definition) is 0. The van der Waals surface area contributed by atoms with E-state index in [9.17, 15) is 19.7 Å². The normalized spacial score (nSPS) is 14.5. The molecule has 3 aromatic carbocycles. The number of aromatic nitrogens is 1. The molecule has 1 aromatic heterocycles. The van der Waals surface area contributed by atoms with Gasteiger partial charge in [0.15, 0.2) is 16.3 Å². The van der Waals surface area contributed by atoms with Crippen LogP contribution < -0.4 is 24.4 Å². The molecule has 45 heavy (non-hydrogen) atoms. The Bertz CT molecular complexity index is 1980. The number of nitrogens with zero attached hydrogens (tertiary/aromatic N) is 3. The highest BCUT2D eigenvalue weighted by Gasteiger charge is 2.33. The first-order chi connectivity index (χ1) is 21.6. The van der Waals surface area contributed by atoms with E-state index in [0.717, 1.165) is 16.7 Å². The first-order valence-corrected chi connectivity index (χ1v) is 15.8. The van der Waals surface area contributed by atoms with Crippen molar-refractivity contribution in [3.05, 3.63) is 128 Å². The van der Waals surface area contributed by atoms with Crippen LogP contribution in [-0.2, 0) is 16.1 Å². The molecule has 0 bridgehead atoms. The first kappa shape index (κ1) is 31.9. The van der Waals surface area contributed by atoms with Gasteiger partial charge in [-0.05, 0) is 90.7 Å². The van der Waals surface area contributed by atoms with Crippen molar-refractivity contribution in [2.24, 2.45) is 4.99 Å². The van der Waals surface area contributed by atoms with Gasteiger partial charge in [0.1, 0.15) is 6.61 Å². The number of esters is 1. The monoisotopic (exact) mass is 691 g/mol. The van der Waals surface area contributed by atoms with E-state index in [4.69, 9.17) is 14.2 Å². The van der Waals surface area contributed by atoms with E-state index in [1.54, 1.807) is 42.7 Å². The number of non-ortho nitro benzene ring substituents is 1. The topological polar surface area (TPSA) is 122 Å². The Hall–Kier alpha value is -4.55. The summed E-state index contributed by atoms with van der Waals surface area (Å²) in [6.45, 7) is 8.06.